The van der Waals surface area contributed by atoms with Crippen molar-refractivity contribution in [3.63, 3.8) is 0 Å². The number of ether oxygens (including phenoxy) is 1. The summed E-state index contributed by atoms with van der Waals surface area (Å²) in [6.45, 7) is 6.22. The van der Waals surface area contributed by atoms with Gasteiger partial charge >= 0.3 is 5.97 Å². The van der Waals surface area contributed by atoms with Crippen molar-refractivity contribution in [2.75, 3.05) is 6.61 Å². The Bertz CT molecular complexity index is 304. The lowest BCUT2D eigenvalue weighted by molar-refractivity contribution is 0.0517. The van der Waals surface area contributed by atoms with Gasteiger partial charge in [0.1, 0.15) is 5.76 Å². The Hall–Kier alpha value is -1.32. The molecule has 0 amide bonds. The smallest absolute Gasteiger partial charge is 0.360 e. The lowest BCUT2D eigenvalue weighted by Gasteiger charge is -2.03. The molecule has 1 heterocycles. The largest absolute Gasteiger partial charge is 0.461 e. The van der Waals surface area contributed by atoms with Crippen molar-refractivity contribution < 1.29 is 13.9 Å². The number of rotatable bonds is 4. The Morgan fingerprint density at radius 1 is 1.64 bits per heavy atom. The van der Waals surface area contributed by atoms with Crippen molar-refractivity contribution >= 4 is 5.97 Å². The number of carbonyl (C=O) groups is 1. The van der Waals surface area contributed by atoms with E-state index in [4.69, 9.17) is 9.15 Å². The molecule has 0 aliphatic rings. The van der Waals surface area contributed by atoms with Crippen LogP contribution in [-0.2, 0) is 11.2 Å². The minimum absolute atomic E-state index is 0.306. The van der Waals surface area contributed by atoms with E-state index in [9.17, 15) is 4.79 Å². The second kappa shape index (κ2) is 4.79. The first kappa shape index (κ1) is 10.8. The monoisotopic (exact) mass is 197 g/mol. The average Bonchev–Trinajstić information content (AvgIpc) is 2.51. The summed E-state index contributed by atoms with van der Waals surface area (Å²) < 4.78 is 9.98. The van der Waals surface area contributed by atoms with Crippen LogP contribution in [0.1, 0.15) is 37.0 Å². The first-order valence-electron chi connectivity index (χ1n) is 4.74. The molecule has 4 nitrogen and oxygen atoms in total. The van der Waals surface area contributed by atoms with Gasteiger partial charge in [0.05, 0.1) is 6.61 Å². The Labute approximate surface area is 83.3 Å². The molecule has 0 bridgehead atoms. The Morgan fingerprint density at radius 2 is 2.36 bits per heavy atom. The van der Waals surface area contributed by atoms with Crippen LogP contribution in [0, 0.1) is 5.92 Å². The van der Waals surface area contributed by atoms with Crippen LogP contribution in [0.25, 0.3) is 0 Å². The summed E-state index contributed by atoms with van der Waals surface area (Å²) >= 11 is 0. The van der Waals surface area contributed by atoms with E-state index in [-0.39, 0.29) is 0 Å². The summed E-state index contributed by atoms with van der Waals surface area (Å²) in [5.74, 6) is 0.631. The van der Waals surface area contributed by atoms with Crippen LogP contribution in [0.2, 0.25) is 0 Å². The van der Waals surface area contributed by atoms with E-state index < -0.39 is 5.97 Å². The number of nitrogens with zero attached hydrogens (tertiary/aromatic N) is 1. The summed E-state index contributed by atoms with van der Waals surface area (Å²) in [4.78, 5) is 15.2. The molecule has 0 aliphatic heterocycles. The number of aromatic nitrogens is 1. The molecule has 1 rings (SSSR count). The SMILES string of the molecule is CCOC(=O)c1ncoc1CC(C)C. The fraction of sp³-hybridized carbons (Fsp3) is 0.600. The molecule has 0 atom stereocenters. The highest BCUT2D eigenvalue weighted by Gasteiger charge is 2.18. The van der Waals surface area contributed by atoms with E-state index in [2.05, 4.69) is 18.8 Å². The van der Waals surface area contributed by atoms with Crippen LogP contribution >= 0.6 is 0 Å². The number of carbonyl (C=O) groups excluding carboxylic acids is 1. The molecular weight excluding hydrogens is 182 g/mol. The van der Waals surface area contributed by atoms with Crippen molar-refractivity contribution in [2.24, 2.45) is 5.92 Å². The number of hydrogen-bond donors (Lipinski definition) is 0. The predicted molar refractivity (Wildman–Crippen MR) is 51.0 cm³/mol. The van der Waals surface area contributed by atoms with Crippen molar-refractivity contribution in [3.8, 4) is 0 Å². The van der Waals surface area contributed by atoms with E-state index in [1.165, 1.54) is 6.39 Å². The molecule has 0 saturated carbocycles. The minimum atomic E-state index is -0.406. The zero-order chi connectivity index (χ0) is 10.6. The van der Waals surface area contributed by atoms with Gasteiger partial charge in [-0.25, -0.2) is 9.78 Å². The van der Waals surface area contributed by atoms with Crippen molar-refractivity contribution in [1.82, 2.24) is 4.98 Å². The second-order valence-electron chi connectivity index (χ2n) is 3.44. The second-order valence-corrected chi connectivity index (χ2v) is 3.44. The summed E-state index contributed by atoms with van der Waals surface area (Å²) in [7, 11) is 0. The van der Waals surface area contributed by atoms with Crippen LogP contribution < -0.4 is 0 Å². The molecule has 0 aliphatic carbocycles. The van der Waals surface area contributed by atoms with Crippen molar-refractivity contribution in [2.45, 2.75) is 27.2 Å². The molecule has 78 valence electrons. The zero-order valence-electron chi connectivity index (χ0n) is 8.74. The first-order chi connectivity index (χ1) is 6.65. The average molecular weight is 197 g/mol. The third kappa shape index (κ3) is 2.58. The Balaban J connectivity index is 2.76. The molecular formula is C10H15NO3. The normalized spacial score (nSPS) is 10.6. The predicted octanol–water partition coefficient (Wildman–Crippen LogP) is 2.05. The number of hydrogen-bond acceptors (Lipinski definition) is 4. The molecule has 0 unspecified atom stereocenters. The zero-order valence-corrected chi connectivity index (χ0v) is 8.74. The van der Waals surface area contributed by atoms with E-state index in [0.717, 1.165) is 0 Å². The van der Waals surface area contributed by atoms with E-state index in [0.29, 0.717) is 30.4 Å². The molecule has 1 aromatic rings. The maximum atomic E-state index is 11.4. The molecule has 4 heteroatoms. The van der Waals surface area contributed by atoms with Gasteiger partial charge in [0.15, 0.2) is 12.1 Å². The fourth-order valence-electron chi connectivity index (χ4n) is 1.15. The highest BCUT2D eigenvalue weighted by atomic mass is 16.5. The van der Waals surface area contributed by atoms with Gasteiger partial charge in [-0.05, 0) is 12.8 Å². The van der Waals surface area contributed by atoms with Gasteiger partial charge in [-0.1, -0.05) is 13.8 Å². The van der Waals surface area contributed by atoms with Gasteiger partial charge in [0.2, 0.25) is 0 Å². The van der Waals surface area contributed by atoms with Gasteiger partial charge in [0.25, 0.3) is 0 Å². The summed E-state index contributed by atoms with van der Waals surface area (Å²) in [6.07, 6.45) is 1.98. The molecule has 1 aromatic heterocycles. The van der Waals surface area contributed by atoms with E-state index in [1.54, 1.807) is 6.92 Å². The van der Waals surface area contributed by atoms with Crippen LogP contribution in [0.15, 0.2) is 10.8 Å². The van der Waals surface area contributed by atoms with Crippen molar-refractivity contribution in [1.29, 1.82) is 0 Å². The van der Waals surface area contributed by atoms with E-state index >= 15 is 0 Å². The highest BCUT2D eigenvalue weighted by Crippen LogP contribution is 2.13. The maximum absolute atomic E-state index is 11.4. The van der Waals surface area contributed by atoms with Gasteiger partial charge in [-0.2, -0.15) is 0 Å². The van der Waals surface area contributed by atoms with Gasteiger partial charge in [-0.3, -0.25) is 0 Å². The van der Waals surface area contributed by atoms with Crippen LogP contribution in [0.5, 0.6) is 0 Å². The van der Waals surface area contributed by atoms with Crippen LogP contribution in [0.3, 0.4) is 0 Å². The molecule has 14 heavy (non-hydrogen) atoms. The molecule has 0 N–H and O–H groups in total. The summed E-state index contributed by atoms with van der Waals surface area (Å²) in [6, 6.07) is 0. The standard InChI is InChI=1S/C10H15NO3/c1-4-13-10(12)9-8(5-7(2)3)14-6-11-9/h6-7H,4-5H2,1-3H3. The van der Waals surface area contributed by atoms with Gasteiger partial charge in [0, 0.05) is 6.42 Å². The van der Waals surface area contributed by atoms with Gasteiger partial charge < -0.3 is 9.15 Å². The molecule has 0 fully saturated rings. The minimum Gasteiger partial charge on any atom is -0.461 e. The maximum Gasteiger partial charge on any atom is 0.360 e. The van der Waals surface area contributed by atoms with Crippen molar-refractivity contribution in [3.05, 3.63) is 17.8 Å². The summed E-state index contributed by atoms with van der Waals surface area (Å²) in [5, 5.41) is 0. The molecule has 0 radical (unpaired) electrons. The molecule has 0 spiro atoms. The van der Waals surface area contributed by atoms with E-state index in [1.807, 2.05) is 0 Å². The third-order valence-electron chi connectivity index (χ3n) is 1.70. The fourth-order valence-corrected chi connectivity index (χ4v) is 1.15. The molecule has 0 saturated heterocycles. The first-order valence-corrected chi connectivity index (χ1v) is 4.74. The lowest BCUT2D eigenvalue weighted by atomic mass is 10.1. The Kier molecular flexibility index (Phi) is 3.68. The number of oxazole rings is 1. The third-order valence-corrected chi connectivity index (χ3v) is 1.70. The lowest BCUT2D eigenvalue weighted by Crippen LogP contribution is -2.09. The molecule has 0 aromatic carbocycles. The topological polar surface area (TPSA) is 52.3 Å². The quantitative estimate of drug-likeness (QED) is 0.693. The Morgan fingerprint density at radius 3 is 2.93 bits per heavy atom. The number of esters is 1. The highest BCUT2D eigenvalue weighted by molar-refractivity contribution is 5.88. The summed E-state index contributed by atoms with van der Waals surface area (Å²) in [5.41, 5.74) is 0.306. The van der Waals surface area contributed by atoms with Gasteiger partial charge in [-0.15, -0.1) is 0 Å². The van der Waals surface area contributed by atoms with Crippen LogP contribution in [-0.4, -0.2) is 17.6 Å². The van der Waals surface area contributed by atoms with Crippen LogP contribution in [0.4, 0.5) is 0 Å².